The lowest BCUT2D eigenvalue weighted by atomic mass is 10.0. The zero-order chi connectivity index (χ0) is 28.0. The van der Waals surface area contributed by atoms with Crippen molar-refractivity contribution in [3.8, 4) is 0 Å². The summed E-state index contributed by atoms with van der Waals surface area (Å²) in [5, 5.41) is 21.6. The molecule has 0 radical (unpaired) electrons. The first-order valence-electron chi connectivity index (χ1n) is 13.4. The van der Waals surface area contributed by atoms with E-state index in [0.29, 0.717) is 18.4 Å². The predicted octanol–water partition coefficient (Wildman–Crippen LogP) is 2.50. The topological polar surface area (TPSA) is 152 Å². The van der Waals surface area contributed by atoms with E-state index in [9.17, 15) is 18.3 Å². The van der Waals surface area contributed by atoms with Crippen LogP contribution in [0.3, 0.4) is 0 Å². The fourth-order valence-corrected chi connectivity index (χ4v) is 6.18. The summed E-state index contributed by atoms with van der Waals surface area (Å²) in [5.41, 5.74) is 1.40. The molecule has 2 aliphatic rings. The van der Waals surface area contributed by atoms with Crippen molar-refractivity contribution in [2.24, 2.45) is 0 Å². The average molecular weight is 575 g/mol. The number of carbonyl (C=O) groups excluding carboxylic acids is 1. The van der Waals surface area contributed by atoms with Crippen LogP contribution in [0.5, 0.6) is 0 Å². The number of sulfonamides is 1. The number of alkyl carbamates (subject to hydrolysis) is 1. The number of nitrogens with one attached hydrogen (secondary N) is 2. The Balaban J connectivity index is 1.37. The molecule has 3 aromatic rings. The molecule has 40 heavy (non-hydrogen) atoms. The van der Waals surface area contributed by atoms with Crippen LogP contribution in [0.2, 0.25) is 0 Å². The maximum Gasteiger partial charge on any atom is 0.407 e. The number of aromatic nitrogens is 2. The van der Waals surface area contributed by atoms with Gasteiger partial charge in [0.2, 0.25) is 0 Å². The number of aliphatic hydroxyl groups excluding tert-OH is 1. The largest absolute Gasteiger partial charge is 0.441 e. The van der Waals surface area contributed by atoms with Crippen LogP contribution in [0.25, 0.3) is 10.9 Å². The minimum absolute atomic E-state index is 0.00118. The van der Waals surface area contributed by atoms with Gasteiger partial charge >= 0.3 is 6.09 Å². The molecular weight excluding hydrogens is 540 g/mol. The second kappa shape index (κ2) is 13.1. The van der Waals surface area contributed by atoms with Crippen LogP contribution in [-0.2, 0) is 35.5 Å². The highest BCUT2D eigenvalue weighted by atomic mass is 32.2. The third kappa shape index (κ3) is 7.16. The Morgan fingerprint density at radius 3 is 2.62 bits per heavy atom. The van der Waals surface area contributed by atoms with Crippen molar-refractivity contribution in [2.75, 3.05) is 26.6 Å². The van der Waals surface area contributed by atoms with Crippen LogP contribution in [-0.4, -0.2) is 85.2 Å². The van der Waals surface area contributed by atoms with E-state index < -0.39 is 40.9 Å². The Kier molecular flexibility index (Phi) is 9.29. The lowest BCUT2D eigenvalue weighted by Gasteiger charge is -2.31. The van der Waals surface area contributed by atoms with E-state index in [0.717, 1.165) is 28.3 Å². The fourth-order valence-electron chi connectivity index (χ4n) is 4.85. The van der Waals surface area contributed by atoms with E-state index in [1.54, 1.807) is 12.3 Å². The Morgan fingerprint density at radius 1 is 1.12 bits per heavy atom. The summed E-state index contributed by atoms with van der Waals surface area (Å²) in [7, 11) is -4.18. The van der Waals surface area contributed by atoms with Gasteiger partial charge in [-0.3, -0.25) is 9.94 Å². The molecule has 2 fully saturated rings. The quantitative estimate of drug-likeness (QED) is 0.293. The summed E-state index contributed by atoms with van der Waals surface area (Å²) in [6.45, 7) is 0.116. The van der Waals surface area contributed by atoms with Crippen LogP contribution in [0.4, 0.5) is 4.79 Å². The Labute approximate surface area is 232 Å². The van der Waals surface area contributed by atoms with Gasteiger partial charge in [0.25, 0.3) is 10.0 Å². The monoisotopic (exact) mass is 574 g/mol. The van der Waals surface area contributed by atoms with E-state index in [1.165, 1.54) is 12.1 Å². The van der Waals surface area contributed by atoms with Gasteiger partial charge in [-0.1, -0.05) is 47.6 Å². The van der Waals surface area contributed by atoms with Gasteiger partial charge in [0.05, 0.1) is 54.6 Å². The van der Waals surface area contributed by atoms with Gasteiger partial charge in [-0.05, 0) is 43.0 Å². The molecule has 13 heteroatoms. The molecule has 2 atom stereocenters. The predicted molar refractivity (Wildman–Crippen MR) is 143 cm³/mol. The lowest BCUT2D eigenvalue weighted by molar-refractivity contribution is -0.153. The van der Waals surface area contributed by atoms with Gasteiger partial charge in [0, 0.05) is 5.39 Å². The standard InChI is InChI=1S/C27H34N4O8S/c32-26(25(12-19-6-2-1-3-7-19)29-27(33)38-22-16-36-18-37-17-22)15-31(39-21-8-4-5-9-21)40(34,35)23-11-10-20-14-28-30-24(20)13-23/h1-3,6-7,10-11,13-14,21-22,25-26,32H,4-5,8-9,12,15-18H2,(H,28,30)(H,29,33)/t25-,26+/m0/s1. The van der Waals surface area contributed by atoms with Gasteiger partial charge in [-0.25, -0.2) is 13.2 Å². The molecule has 2 heterocycles. The summed E-state index contributed by atoms with van der Waals surface area (Å²) in [6, 6.07) is 13.0. The molecule has 0 spiro atoms. The zero-order valence-electron chi connectivity index (χ0n) is 22.0. The molecule has 216 valence electrons. The normalized spacial score (nSPS) is 18.6. The number of aliphatic hydroxyl groups is 1. The molecule has 1 saturated carbocycles. The van der Waals surface area contributed by atoms with E-state index in [1.807, 2.05) is 30.3 Å². The van der Waals surface area contributed by atoms with Gasteiger partial charge in [0.1, 0.15) is 6.79 Å². The van der Waals surface area contributed by atoms with Crippen molar-refractivity contribution in [3.05, 3.63) is 60.3 Å². The zero-order valence-corrected chi connectivity index (χ0v) is 22.8. The van der Waals surface area contributed by atoms with Crippen LogP contribution in [0, 0.1) is 0 Å². The van der Waals surface area contributed by atoms with Crippen molar-refractivity contribution < 1.29 is 37.4 Å². The Morgan fingerprint density at radius 2 is 1.88 bits per heavy atom. The number of rotatable bonds is 11. The van der Waals surface area contributed by atoms with E-state index >= 15 is 0 Å². The number of fused-ring (bicyclic) bond motifs is 1. The highest BCUT2D eigenvalue weighted by Gasteiger charge is 2.35. The van der Waals surface area contributed by atoms with Crippen LogP contribution >= 0.6 is 0 Å². The number of hydrogen-bond donors (Lipinski definition) is 3. The number of benzene rings is 2. The SMILES string of the molecule is O=C(N[C@@H](Cc1ccccc1)[C@H](O)CN(OC1CCCC1)S(=O)(=O)c1ccc2cn[nH]c2c1)OC1COCOC1. The molecule has 3 N–H and O–H groups in total. The van der Waals surface area contributed by atoms with Crippen LogP contribution in [0.15, 0.2) is 59.6 Å². The number of hydrogen-bond acceptors (Lipinski definition) is 9. The molecule has 0 bridgehead atoms. The molecule has 2 aromatic carbocycles. The molecule has 1 aliphatic carbocycles. The van der Waals surface area contributed by atoms with Crippen molar-refractivity contribution >= 4 is 27.0 Å². The Bertz CT molecular complexity index is 1360. The average Bonchev–Trinajstić information content (AvgIpc) is 3.65. The number of ether oxygens (including phenoxy) is 3. The molecule has 1 aliphatic heterocycles. The minimum Gasteiger partial charge on any atom is -0.441 e. The summed E-state index contributed by atoms with van der Waals surface area (Å²) in [6.07, 6.45) is 2.13. The van der Waals surface area contributed by atoms with E-state index in [2.05, 4.69) is 15.5 Å². The van der Waals surface area contributed by atoms with Gasteiger partial charge in [0.15, 0.2) is 6.10 Å². The number of carbonyl (C=O) groups is 1. The summed E-state index contributed by atoms with van der Waals surface area (Å²) < 4.78 is 44.2. The number of hydroxylamine groups is 1. The van der Waals surface area contributed by atoms with Crippen molar-refractivity contribution in [1.82, 2.24) is 20.0 Å². The van der Waals surface area contributed by atoms with Crippen molar-refractivity contribution in [3.63, 3.8) is 0 Å². The molecule has 1 aromatic heterocycles. The first-order valence-corrected chi connectivity index (χ1v) is 14.8. The summed E-state index contributed by atoms with van der Waals surface area (Å²) in [4.78, 5) is 18.8. The first kappa shape index (κ1) is 28.5. The molecule has 1 saturated heterocycles. The summed E-state index contributed by atoms with van der Waals surface area (Å²) in [5.74, 6) is 0. The van der Waals surface area contributed by atoms with Gasteiger partial charge in [-0.2, -0.15) is 5.10 Å². The van der Waals surface area contributed by atoms with E-state index in [4.69, 9.17) is 19.0 Å². The second-order valence-corrected chi connectivity index (χ2v) is 11.8. The lowest BCUT2D eigenvalue weighted by Crippen LogP contribution is -2.52. The van der Waals surface area contributed by atoms with Crippen molar-refractivity contribution in [1.29, 1.82) is 0 Å². The molecule has 12 nitrogen and oxygen atoms in total. The van der Waals surface area contributed by atoms with Crippen LogP contribution < -0.4 is 5.32 Å². The van der Waals surface area contributed by atoms with Crippen LogP contribution in [0.1, 0.15) is 31.2 Å². The third-order valence-electron chi connectivity index (χ3n) is 7.00. The number of nitrogens with zero attached hydrogens (tertiary/aromatic N) is 2. The van der Waals surface area contributed by atoms with Crippen molar-refractivity contribution in [2.45, 2.75) is 61.4 Å². The van der Waals surface area contributed by atoms with Gasteiger partial charge in [-0.15, -0.1) is 0 Å². The molecule has 5 rings (SSSR count). The third-order valence-corrected chi connectivity index (χ3v) is 8.62. The van der Waals surface area contributed by atoms with E-state index in [-0.39, 0.29) is 37.4 Å². The maximum atomic E-state index is 13.8. The highest BCUT2D eigenvalue weighted by Crippen LogP contribution is 2.27. The Hall–Kier alpha value is -3.07. The summed E-state index contributed by atoms with van der Waals surface area (Å²) >= 11 is 0. The molecule has 0 unspecified atom stereocenters. The molecule has 1 amide bonds. The highest BCUT2D eigenvalue weighted by molar-refractivity contribution is 7.89. The maximum absolute atomic E-state index is 13.8. The first-order chi connectivity index (χ1) is 19.4. The molecular formula is C27H34N4O8S. The fraction of sp³-hybridized carbons (Fsp3) is 0.481. The number of aromatic amines is 1. The number of amides is 1. The smallest absolute Gasteiger partial charge is 0.407 e. The number of H-pyrrole nitrogens is 1. The van der Waals surface area contributed by atoms with Gasteiger partial charge < -0.3 is 24.6 Å². The minimum atomic E-state index is -4.18. The second-order valence-electron chi connectivity index (χ2n) is 10.0.